The lowest BCUT2D eigenvalue weighted by molar-refractivity contribution is 0.0593. The molecule has 4 nitrogen and oxygen atoms in total. The van der Waals surface area contributed by atoms with Crippen LogP contribution in [0.3, 0.4) is 0 Å². The lowest BCUT2D eigenvalue weighted by Gasteiger charge is -2.07. The third-order valence-electron chi connectivity index (χ3n) is 2.86. The van der Waals surface area contributed by atoms with Gasteiger partial charge in [-0.3, -0.25) is 0 Å². The lowest BCUT2D eigenvalue weighted by Crippen LogP contribution is -2.06. The first kappa shape index (κ1) is 13.1. The molecule has 0 amide bonds. The van der Waals surface area contributed by atoms with Crippen molar-refractivity contribution in [3.63, 3.8) is 0 Å². The average Bonchev–Trinajstić information content (AvgIpc) is 2.46. The predicted molar refractivity (Wildman–Crippen MR) is 72.3 cm³/mol. The van der Waals surface area contributed by atoms with Gasteiger partial charge in [-0.05, 0) is 36.2 Å². The molecule has 0 aliphatic rings. The Labute approximate surface area is 112 Å². The number of nitrogens with zero attached hydrogens (tertiary/aromatic N) is 1. The quantitative estimate of drug-likeness (QED) is 0.793. The fraction of sp³-hybridized carbons (Fsp3) is 0.200. The first-order chi connectivity index (χ1) is 9.15. The second-order valence-electron chi connectivity index (χ2n) is 4.11. The fourth-order valence-electron chi connectivity index (χ4n) is 1.85. The molecule has 0 saturated heterocycles. The van der Waals surface area contributed by atoms with Crippen LogP contribution in [-0.2, 0) is 4.74 Å². The van der Waals surface area contributed by atoms with Crippen LogP contribution in [0.25, 0.3) is 11.1 Å². The van der Waals surface area contributed by atoms with Gasteiger partial charge in [-0.1, -0.05) is 12.1 Å². The molecular weight excluding hydrogens is 242 g/mol. The van der Waals surface area contributed by atoms with E-state index in [0.29, 0.717) is 5.69 Å². The number of carbonyl (C=O) groups excluding carboxylic acids is 1. The Balaban J connectivity index is 2.41. The maximum atomic E-state index is 11.5. The summed E-state index contributed by atoms with van der Waals surface area (Å²) in [6.07, 6.45) is 1.66. The minimum absolute atomic E-state index is 0.342. The van der Waals surface area contributed by atoms with Gasteiger partial charge in [-0.2, -0.15) is 0 Å². The Kier molecular flexibility index (Phi) is 3.80. The van der Waals surface area contributed by atoms with Gasteiger partial charge in [0, 0.05) is 11.8 Å². The highest BCUT2D eigenvalue weighted by molar-refractivity contribution is 5.89. The van der Waals surface area contributed by atoms with E-state index in [1.807, 2.05) is 37.3 Å². The predicted octanol–water partition coefficient (Wildman–Crippen LogP) is 2.85. The summed E-state index contributed by atoms with van der Waals surface area (Å²) in [6, 6.07) is 9.60. The van der Waals surface area contributed by atoms with Crippen molar-refractivity contribution in [1.82, 2.24) is 4.98 Å². The van der Waals surface area contributed by atoms with Gasteiger partial charge in [0.2, 0.25) is 0 Å². The van der Waals surface area contributed by atoms with Crippen molar-refractivity contribution in [1.29, 1.82) is 0 Å². The number of esters is 1. The zero-order chi connectivity index (χ0) is 13.8. The molecule has 0 aliphatic carbocycles. The topological polar surface area (TPSA) is 48.4 Å². The number of hydrogen-bond acceptors (Lipinski definition) is 4. The van der Waals surface area contributed by atoms with Crippen LogP contribution < -0.4 is 4.74 Å². The van der Waals surface area contributed by atoms with Crippen molar-refractivity contribution < 1.29 is 14.3 Å². The van der Waals surface area contributed by atoms with E-state index >= 15 is 0 Å². The number of carbonyl (C=O) groups is 1. The van der Waals surface area contributed by atoms with Gasteiger partial charge in [-0.15, -0.1) is 0 Å². The number of ether oxygens (including phenoxy) is 2. The van der Waals surface area contributed by atoms with Gasteiger partial charge in [0.15, 0.2) is 5.69 Å². The molecule has 1 heterocycles. The largest absolute Gasteiger partial charge is 0.497 e. The first-order valence-electron chi connectivity index (χ1n) is 5.85. The highest BCUT2D eigenvalue weighted by Crippen LogP contribution is 2.24. The number of benzene rings is 1. The third-order valence-corrected chi connectivity index (χ3v) is 2.86. The van der Waals surface area contributed by atoms with E-state index in [1.54, 1.807) is 13.3 Å². The summed E-state index contributed by atoms with van der Waals surface area (Å²) in [5, 5.41) is 0. The molecule has 0 fully saturated rings. The van der Waals surface area contributed by atoms with Crippen LogP contribution in [0.4, 0.5) is 0 Å². The maximum absolute atomic E-state index is 11.5. The van der Waals surface area contributed by atoms with Crippen LogP contribution in [0.5, 0.6) is 5.75 Å². The summed E-state index contributed by atoms with van der Waals surface area (Å²) in [6.45, 7) is 1.84. The summed E-state index contributed by atoms with van der Waals surface area (Å²) in [5.41, 5.74) is 3.05. The Hall–Kier alpha value is -2.36. The van der Waals surface area contributed by atoms with Gasteiger partial charge in [0.25, 0.3) is 0 Å². The molecule has 0 N–H and O–H groups in total. The van der Waals surface area contributed by atoms with Crippen LogP contribution in [0, 0.1) is 6.92 Å². The van der Waals surface area contributed by atoms with Crippen molar-refractivity contribution in [3.8, 4) is 16.9 Å². The van der Waals surface area contributed by atoms with E-state index in [9.17, 15) is 4.79 Å². The zero-order valence-electron chi connectivity index (χ0n) is 11.1. The molecule has 0 aliphatic heterocycles. The molecule has 1 aromatic heterocycles. The Morgan fingerprint density at radius 2 is 1.95 bits per heavy atom. The molecule has 4 heteroatoms. The van der Waals surface area contributed by atoms with Crippen molar-refractivity contribution in [2.75, 3.05) is 14.2 Å². The monoisotopic (exact) mass is 257 g/mol. The second kappa shape index (κ2) is 5.52. The number of pyridine rings is 1. The number of aromatic nitrogens is 1. The molecule has 0 unspecified atom stereocenters. The summed E-state index contributed by atoms with van der Waals surface area (Å²) in [7, 11) is 2.97. The zero-order valence-corrected chi connectivity index (χ0v) is 11.1. The normalized spacial score (nSPS) is 10.1. The molecule has 98 valence electrons. The fourth-order valence-corrected chi connectivity index (χ4v) is 1.85. The van der Waals surface area contributed by atoms with Gasteiger partial charge < -0.3 is 9.47 Å². The maximum Gasteiger partial charge on any atom is 0.356 e. The average molecular weight is 257 g/mol. The van der Waals surface area contributed by atoms with E-state index in [1.165, 1.54) is 7.11 Å². The number of hydrogen-bond donors (Lipinski definition) is 0. The molecule has 1 aromatic carbocycles. The van der Waals surface area contributed by atoms with E-state index in [-0.39, 0.29) is 0 Å². The molecular formula is C15H15NO3. The highest BCUT2D eigenvalue weighted by atomic mass is 16.5. The number of methoxy groups -OCH3 is 2. The van der Waals surface area contributed by atoms with Crippen LogP contribution in [0.2, 0.25) is 0 Å². The number of aryl methyl sites for hydroxylation is 1. The van der Waals surface area contributed by atoms with Crippen LogP contribution >= 0.6 is 0 Å². The van der Waals surface area contributed by atoms with Gasteiger partial charge in [-0.25, -0.2) is 9.78 Å². The van der Waals surface area contributed by atoms with E-state index in [0.717, 1.165) is 22.4 Å². The van der Waals surface area contributed by atoms with Crippen LogP contribution in [0.15, 0.2) is 36.5 Å². The van der Waals surface area contributed by atoms with Gasteiger partial charge >= 0.3 is 5.97 Å². The summed E-state index contributed by atoms with van der Waals surface area (Å²) < 4.78 is 9.87. The third kappa shape index (κ3) is 2.73. The summed E-state index contributed by atoms with van der Waals surface area (Å²) >= 11 is 0. The second-order valence-corrected chi connectivity index (χ2v) is 4.11. The van der Waals surface area contributed by atoms with E-state index < -0.39 is 5.97 Å². The molecule has 2 rings (SSSR count). The molecule has 19 heavy (non-hydrogen) atoms. The molecule has 0 saturated carbocycles. The highest BCUT2D eigenvalue weighted by Gasteiger charge is 2.11. The van der Waals surface area contributed by atoms with Crippen molar-refractivity contribution in [2.45, 2.75) is 6.92 Å². The standard InChI is InChI=1S/C15H15NO3/c1-10-7-12(9-16-14(10)15(17)19-3)11-5-4-6-13(8-11)18-2/h4-9H,1-3H3. The van der Waals surface area contributed by atoms with Crippen molar-refractivity contribution >= 4 is 5.97 Å². The lowest BCUT2D eigenvalue weighted by atomic mass is 10.0. The first-order valence-corrected chi connectivity index (χ1v) is 5.85. The smallest absolute Gasteiger partial charge is 0.356 e. The molecule has 2 aromatic rings. The Bertz CT molecular complexity index is 608. The van der Waals surface area contributed by atoms with Crippen LogP contribution in [0.1, 0.15) is 16.1 Å². The Morgan fingerprint density at radius 3 is 2.58 bits per heavy atom. The van der Waals surface area contributed by atoms with Crippen LogP contribution in [-0.4, -0.2) is 25.2 Å². The minimum Gasteiger partial charge on any atom is -0.497 e. The SMILES string of the molecule is COC(=O)c1ncc(-c2cccc(OC)c2)cc1C. The van der Waals surface area contributed by atoms with E-state index in [4.69, 9.17) is 4.74 Å². The van der Waals surface area contributed by atoms with Crippen molar-refractivity contribution in [3.05, 3.63) is 47.8 Å². The number of rotatable bonds is 3. The molecule has 0 bridgehead atoms. The minimum atomic E-state index is -0.422. The van der Waals surface area contributed by atoms with E-state index in [2.05, 4.69) is 9.72 Å². The molecule has 0 atom stereocenters. The van der Waals surface area contributed by atoms with Gasteiger partial charge in [0.1, 0.15) is 5.75 Å². The summed E-state index contributed by atoms with van der Waals surface area (Å²) in [5.74, 6) is 0.363. The Morgan fingerprint density at radius 1 is 1.16 bits per heavy atom. The van der Waals surface area contributed by atoms with Gasteiger partial charge in [0.05, 0.1) is 14.2 Å². The summed E-state index contributed by atoms with van der Waals surface area (Å²) in [4.78, 5) is 15.6. The van der Waals surface area contributed by atoms with Crippen molar-refractivity contribution in [2.24, 2.45) is 0 Å². The molecule has 0 radical (unpaired) electrons. The molecule has 0 spiro atoms.